The molecule has 2 aromatic rings. The highest BCUT2D eigenvalue weighted by Crippen LogP contribution is 2.31. The van der Waals surface area contributed by atoms with Gasteiger partial charge in [-0.25, -0.2) is 8.78 Å². The van der Waals surface area contributed by atoms with Gasteiger partial charge < -0.3 is 11.1 Å². The smallest absolute Gasteiger partial charge is 0.224 e. The molecule has 6 heteroatoms. The second-order valence-corrected chi connectivity index (χ2v) is 6.30. The van der Waals surface area contributed by atoms with Gasteiger partial charge >= 0.3 is 0 Å². The minimum absolute atomic E-state index is 0. The number of hydrogen-bond acceptors (Lipinski definition) is 2. The van der Waals surface area contributed by atoms with E-state index in [1.54, 1.807) is 12.1 Å². The second kappa shape index (κ2) is 8.41. The summed E-state index contributed by atoms with van der Waals surface area (Å²) >= 11 is 0. The molecule has 25 heavy (non-hydrogen) atoms. The number of amides is 1. The SMILES string of the molecule is Cl.N[C@@H]1CCC[C@H]1CC(=O)Nc1ccc(F)cc1-c1ccc(F)cc1. The normalized spacial score (nSPS) is 19.3. The van der Waals surface area contributed by atoms with E-state index >= 15 is 0 Å². The summed E-state index contributed by atoms with van der Waals surface area (Å²) in [4.78, 5) is 12.3. The van der Waals surface area contributed by atoms with Crippen molar-refractivity contribution in [2.24, 2.45) is 11.7 Å². The number of halogens is 3. The number of nitrogens with one attached hydrogen (secondary N) is 1. The van der Waals surface area contributed by atoms with Crippen molar-refractivity contribution in [3.63, 3.8) is 0 Å². The molecule has 0 heterocycles. The lowest BCUT2D eigenvalue weighted by molar-refractivity contribution is -0.117. The molecule has 1 aliphatic rings. The lowest BCUT2D eigenvalue weighted by atomic mass is 9.99. The van der Waals surface area contributed by atoms with Crippen molar-refractivity contribution >= 4 is 24.0 Å². The molecule has 0 unspecified atom stereocenters. The molecule has 1 saturated carbocycles. The first-order chi connectivity index (χ1) is 11.5. The third-order valence-corrected chi connectivity index (χ3v) is 4.58. The Hall–Kier alpha value is -1.98. The minimum Gasteiger partial charge on any atom is -0.327 e. The van der Waals surface area contributed by atoms with Crippen LogP contribution in [0.5, 0.6) is 0 Å². The van der Waals surface area contributed by atoms with Crippen molar-refractivity contribution in [3.8, 4) is 11.1 Å². The van der Waals surface area contributed by atoms with Gasteiger partial charge in [0.25, 0.3) is 0 Å². The molecule has 3 nitrogen and oxygen atoms in total. The highest BCUT2D eigenvalue weighted by atomic mass is 35.5. The van der Waals surface area contributed by atoms with E-state index in [2.05, 4.69) is 5.32 Å². The summed E-state index contributed by atoms with van der Waals surface area (Å²) in [5.74, 6) is -0.715. The van der Waals surface area contributed by atoms with Gasteiger partial charge in [-0.3, -0.25) is 4.79 Å². The molecule has 1 fully saturated rings. The molecular weight excluding hydrogens is 346 g/mol. The first kappa shape index (κ1) is 19.3. The van der Waals surface area contributed by atoms with Crippen LogP contribution in [0.2, 0.25) is 0 Å². The lowest BCUT2D eigenvalue weighted by Gasteiger charge is -2.16. The molecule has 2 atom stereocenters. The van der Waals surface area contributed by atoms with E-state index in [0.717, 1.165) is 19.3 Å². The Morgan fingerprint density at radius 1 is 1.08 bits per heavy atom. The Morgan fingerprint density at radius 3 is 2.40 bits per heavy atom. The van der Waals surface area contributed by atoms with Crippen molar-refractivity contribution in [1.82, 2.24) is 0 Å². The topological polar surface area (TPSA) is 55.1 Å². The number of hydrogen-bond donors (Lipinski definition) is 2. The Kier molecular flexibility index (Phi) is 6.51. The zero-order valence-corrected chi connectivity index (χ0v) is 14.5. The first-order valence-corrected chi connectivity index (χ1v) is 8.14. The molecule has 0 bridgehead atoms. The Labute approximate surface area is 152 Å². The standard InChI is InChI=1S/C19H20F2N2O.ClH/c20-14-6-4-12(5-7-14)16-11-15(21)8-9-18(16)23-19(24)10-13-2-1-3-17(13)22;/h4-9,11,13,17H,1-3,10,22H2,(H,23,24);1H/t13-,17+;/m0./s1. The van der Waals surface area contributed by atoms with E-state index < -0.39 is 5.82 Å². The molecule has 0 aliphatic heterocycles. The monoisotopic (exact) mass is 366 g/mol. The quantitative estimate of drug-likeness (QED) is 0.836. The number of nitrogens with two attached hydrogens (primary N) is 1. The van der Waals surface area contributed by atoms with E-state index in [4.69, 9.17) is 5.73 Å². The molecule has 134 valence electrons. The molecule has 1 aliphatic carbocycles. The summed E-state index contributed by atoms with van der Waals surface area (Å²) in [6.07, 6.45) is 3.33. The molecule has 1 amide bonds. The van der Waals surface area contributed by atoms with Gasteiger partial charge in [0, 0.05) is 23.7 Å². The van der Waals surface area contributed by atoms with Crippen LogP contribution in [-0.2, 0) is 4.79 Å². The highest BCUT2D eigenvalue weighted by molar-refractivity contribution is 5.95. The van der Waals surface area contributed by atoms with E-state index in [9.17, 15) is 13.6 Å². The van der Waals surface area contributed by atoms with Gasteiger partial charge in [0.2, 0.25) is 5.91 Å². The Balaban J connectivity index is 0.00000225. The molecule has 0 saturated heterocycles. The fraction of sp³-hybridized carbons (Fsp3) is 0.316. The van der Waals surface area contributed by atoms with Crippen LogP contribution >= 0.6 is 12.4 Å². The molecule has 0 radical (unpaired) electrons. The van der Waals surface area contributed by atoms with Gasteiger partial charge in [0.15, 0.2) is 0 Å². The van der Waals surface area contributed by atoms with E-state index in [1.807, 2.05) is 0 Å². The van der Waals surface area contributed by atoms with Crippen LogP contribution in [0.4, 0.5) is 14.5 Å². The van der Waals surface area contributed by atoms with Crippen LogP contribution in [0.3, 0.4) is 0 Å². The van der Waals surface area contributed by atoms with Gasteiger partial charge in [0.05, 0.1) is 0 Å². The van der Waals surface area contributed by atoms with Crippen LogP contribution in [0, 0.1) is 17.6 Å². The molecule has 3 N–H and O–H groups in total. The average molecular weight is 367 g/mol. The fourth-order valence-corrected chi connectivity index (χ4v) is 3.25. The maximum atomic E-state index is 13.6. The van der Waals surface area contributed by atoms with Gasteiger partial charge in [0.1, 0.15) is 11.6 Å². The number of carbonyl (C=O) groups is 1. The minimum atomic E-state index is -0.412. The predicted molar refractivity (Wildman–Crippen MR) is 97.6 cm³/mol. The van der Waals surface area contributed by atoms with Gasteiger partial charge in [-0.2, -0.15) is 0 Å². The molecule has 0 spiro atoms. The number of carbonyl (C=O) groups excluding carboxylic acids is 1. The summed E-state index contributed by atoms with van der Waals surface area (Å²) in [6.45, 7) is 0. The summed E-state index contributed by atoms with van der Waals surface area (Å²) in [6, 6.07) is 9.97. The van der Waals surface area contributed by atoms with Crippen LogP contribution in [0.15, 0.2) is 42.5 Å². The van der Waals surface area contributed by atoms with Crippen molar-refractivity contribution in [2.75, 3.05) is 5.32 Å². The zero-order valence-electron chi connectivity index (χ0n) is 13.7. The zero-order chi connectivity index (χ0) is 17.1. The molecule has 3 rings (SSSR count). The number of anilines is 1. The summed E-state index contributed by atoms with van der Waals surface area (Å²) in [7, 11) is 0. The Morgan fingerprint density at radius 2 is 1.76 bits per heavy atom. The average Bonchev–Trinajstić information content (AvgIpc) is 2.95. The fourth-order valence-electron chi connectivity index (χ4n) is 3.25. The van der Waals surface area contributed by atoms with E-state index in [0.29, 0.717) is 23.2 Å². The van der Waals surface area contributed by atoms with Crippen LogP contribution in [0.1, 0.15) is 25.7 Å². The third kappa shape index (κ3) is 4.77. The summed E-state index contributed by atoms with van der Waals surface area (Å²) in [5, 5.41) is 2.84. The second-order valence-electron chi connectivity index (χ2n) is 6.30. The molecule has 0 aromatic heterocycles. The Bertz CT molecular complexity index is 737. The van der Waals surface area contributed by atoms with Crippen molar-refractivity contribution in [3.05, 3.63) is 54.1 Å². The summed E-state index contributed by atoms with van der Waals surface area (Å²) < 4.78 is 26.7. The number of benzene rings is 2. The first-order valence-electron chi connectivity index (χ1n) is 8.14. The lowest BCUT2D eigenvalue weighted by Crippen LogP contribution is -2.28. The van der Waals surface area contributed by atoms with Crippen LogP contribution in [-0.4, -0.2) is 11.9 Å². The van der Waals surface area contributed by atoms with Crippen molar-refractivity contribution in [2.45, 2.75) is 31.7 Å². The maximum Gasteiger partial charge on any atom is 0.224 e. The third-order valence-electron chi connectivity index (χ3n) is 4.58. The predicted octanol–water partition coefficient (Wildman–Crippen LogP) is 4.51. The largest absolute Gasteiger partial charge is 0.327 e. The highest BCUT2D eigenvalue weighted by Gasteiger charge is 2.26. The van der Waals surface area contributed by atoms with Crippen molar-refractivity contribution in [1.29, 1.82) is 0 Å². The van der Waals surface area contributed by atoms with Gasteiger partial charge in [-0.1, -0.05) is 18.6 Å². The molecule has 2 aromatic carbocycles. The van der Waals surface area contributed by atoms with Crippen LogP contribution in [0.25, 0.3) is 11.1 Å². The summed E-state index contributed by atoms with van der Waals surface area (Å²) in [5.41, 5.74) is 7.69. The van der Waals surface area contributed by atoms with E-state index in [-0.39, 0.29) is 36.1 Å². The van der Waals surface area contributed by atoms with Crippen LogP contribution < -0.4 is 11.1 Å². The van der Waals surface area contributed by atoms with Gasteiger partial charge in [-0.05, 0) is 54.7 Å². The number of rotatable bonds is 4. The molecular formula is C19H21ClF2N2O. The van der Waals surface area contributed by atoms with Gasteiger partial charge in [-0.15, -0.1) is 12.4 Å². The van der Waals surface area contributed by atoms with Crippen molar-refractivity contribution < 1.29 is 13.6 Å². The van der Waals surface area contributed by atoms with E-state index in [1.165, 1.54) is 30.3 Å². The maximum absolute atomic E-state index is 13.6.